The van der Waals surface area contributed by atoms with E-state index in [2.05, 4.69) is 27.2 Å². The van der Waals surface area contributed by atoms with Crippen LogP contribution in [0.5, 0.6) is 6.01 Å². The first-order valence-electron chi connectivity index (χ1n) is 14.0. The number of nitrogens with one attached hydrogen (secondary N) is 1. The van der Waals surface area contributed by atoms with Crippen LogP contribution in [0.2, 0.25) is 5.02 Å². The van der Waals surface area contributed by atoms with Crippen molar-refractivity contribution in [3.63, 3.8) is 0 Å². The average molecular weight is 610 g/mol. The predicted octanol–water partition coefficient (Wildman–Crippen LogP) is 4.39. The second-order valence-electron chi connectivity index (χ2n) is 11.4. The monoisotopic (exact) mass is 609 g/mol. The van der Waals surface area contributed by atoms with E-state index in [1.807, 2.05) is 17.0 Å². The number of likely N-dealkylation sites (N-methyl/N-ethyl adjacent to an activating group) is 1. The number of thiazole rings is 1. The number of ether oxygens (including phenoxy) is 1. The van der Waals surface area contributed by atoms with E-state index in [0.29, 0.717) is 60.0 Å². The SMILES string of the molecule is CN1CCC[C@H]1COc1nc(N2CCC3(CC2)CC(=O)NC3=O)c2cc(Cl)c(-c3cccc4sc(N)nc34)c(F)c2n1. The van der Waals surface area contributed by atoms with Gasteiger partial charge in [-0.05, 0) is 51.4 Å². The summed E-state index contributed by atoms with van der Waals surface area (Å²) in [5, 5.41) is 3.46. The van der Waals surface area contributed by atoms with Crippen LogP contribution in [0.3, 0.4) is 0 Å². The van der Waals surface area contributed by atoms with Crippen molar-refractivity contribution in [3.05, 3.63) is 35.1 Å². The zero-order valence-electron chi connectivity index (χ0n) is 23.0. The largest absolute Gasteiger partial charge is 0.462 e. The van der Waals surface area contributed by atoms with Crippen molar-refractivity contribution in [2.24, 2.45) is 5.41 Å². The summed E-state index contributed by atoms with van der Waals surface area (Å²) < 4.78 is 23.5. The maximum Gasteiger partial charge on any atom is 0.319 e. The number of para-hydroxylation sites is 1. The maximum atomic E-state index is 16.6. The van der Waals surface area contributed by atoms with E-state index in [4.69, 9.17) is 27.1 Å². The normalized spacial score (nSPS) is 20.7. The fourth-order valence-electron chi connectivity index (χ4n) is 6.48. The van der Waals surface area contributed by atoms with Crippen LogP contribution in [0.25, 0.3) is 32.2 Å². The number of piperidine rings is 1. The highest BCUT2D eigenvalue weighted by Gasteiger charge is 2.48. The first kappa shape index (κ1) is 27.2. The number of nitrogens with zero attached hydrogens (tertiary/aromatic N) is 5. The fourth-order valence-corrected chi connectivity index (χ4v) is 7.54. The number of anilines is 2. The van der Waals surface area contributed by atoms with E-state index in [1.165, 1.54) is 11.3 Å². The van der Waals surface area contributed by atoms with E-state index in [1.54, 1.807) is 12.1 Å². The van der Waals surface area contributed by atoms with Gasteiger partial charge in [0.25, 0.3) is 0 Å². The molecule has 5 heterocycles. The highest BCUT2D eigenvalue weighted by molar-refractivity contribution is 7.22. The number of amides is 2. The lowest BCUT2D eigenvalue weighted by molar-refractivity contribution is -0.129. The molecule has 4 aromatic rings. The van der Waals surface area contributed by atoms with Gasteiger partial charge in [0.2, 0.25) is 11.8 Å². The van der Waals surface area contributed by atoms with Crippen molar-refractivity contribution in [2.45, 2.75) is 38.1 Å². The average Bonchev–Trinajstić information content (AvgIpc) is 3.63. The van der Waals surface area contributed by atoms with Crippen LogP contribution in [0.1, 0.15) is 32.1 Å². The van der Waals surface area contributed by atoms with Crippen molar-refractivity contribution in [1.82, 2.24) is 25.2 Å². The number of hydrogen-bond donors (Lipinski definition) is 2. The van der Waals surface area contributed by atoms with Gasteiger partial charge >= 0.3 is 6.01 Å². The molecule has 3 aliphatic heterocycles. The number of carbonyl (C=O) groups excluding carboxylic acids is 2. The third kappa shape index (κ3) is 4.52. The zero-order chi connectivity index (χ0) is 29.2. The second-order valence-corrected chi connectivity index (χ2v) is 12.9. The van der Waals surface area contributed by atoms with Crippen molar-refractivity contribution in [1.29, 1.82) is 0 Å². The molecule has 3 aliphatic rings. The summed E-state index contributed by atoms with van der Waals surface area (Å²) in [6.07, 6.45) is 3.22. The Balaban J connectivity index is 1.32. The number of hydrogen-bond acceptors (Lipinski definition) is 10. The summed E-state index contributed by atoms with van der Waals surface area (Å²) in [7, 11) is 2.06. The number of likely N-dealkylation sites (tertiary alicyclic amines) is 1. The Hall–Kier alpha value is -3.61. The Kier molecular flexibility index (Phi) is 6.67. The summed E-state index contributed by atoms with van der Waals surface area (Å²) in [6.45, 7) is 2.28. The van der Waals surface area contributed by atoms with Crippen LogP contribution in [-0.2, 0) is 9.59 Å². The smallest absolute Gasteiger partial charge is 0.319 e. The number of halogens is 2. The van der Waals surface area contributed by atoms with E-state index in [9.17, 15) is 9.59 Å². The number of benzene rings is 2. The topological polar surface area (TPSA) is 127 Å². The van der Waals surface area contributed by atoms with Gasteiger partial charge in [-0.3, -0.25) is 14.9 Å². The molecule has 0 unspecified atom stereocenters. The van der Waals surface area contributed by atoms with Crippen LogP contribution in [0, 0.1) is 11.2 Å². The second kappa shape index (κ2) is 10.3. The third-order valence-electron chi connectivity index (χ3n) is 8.88. The minimum atomic E-state index is -0.715. The van der Waals surface area contributed by atoms with Gasteiger partial charge in [0.15, 0.2) is 10.9 Å². The molecule has 42 heavy (non-hydrogen) atoms. The van der Waals surface area contributed by atoms with Gasteiger partial charge in [0, 0.05) is 42.1 Å². The molecule has 3 fully saturated rings. The number of carbonyl (C=O) groups is 2. The quantitative estimate of drug-likeness (QED) is 0.317. The Morgan fingerprint density at radius 3 is 2.71 bits per heavy atom. The molecule has 2 aromatic heterocycles. The van der Waals surface area contributed by atoms with E-state index in [-0.39, 0.29) is 46.4 Å². The molecule has 1 atom stereocenters. The maximum absolute atomic E-state index is 16.6. The first-order valence-corrected chi connectivity index (χ1v) is 15.2. The number of rotatable bonds is 5. The van der Waals surface area contributed by atoms with E-state index in [0.717, 1.165) is 24.1 Å². The molecule has 218 valence electrons. The summed E-state index contributed by atoms with van der Waals surface area (Å²) in [6, 6.07) is 7.46. The Morgan fingerprint density at radius 2 is 2.00 bits per heavy atom. The summed E-state index contributed by atoms with van der Waals surface area (Å²) in [5.74, 6) is -0.582. The van der Waals surface area contributed by atoms with Gasteiger partial charge in [-0.1, -0.05) is 35.1 Å². The summed E-state index contributed by atoms with van der Waals surface area (Å²) in [4.78, 5) is 42.5. The van der Waals surface area contributed by atoms with Gasteiger partial charge in [-0.15, -0.1) is 0 Å². The van der Waals surface area contributed by atoms with E-state index >= 15 is 4.39 Å². The lowest BCUT2D eigenvalue weighted by Gasteiger charge is -2.37. The summed E-state index contributed by atoms with van der Waals surface area (Å²) in [5.41, 5.74) is 6.62. The molecule has 2 amide bonds. The highest BCUT2D eigenvalue weighted by atomic mass is 35.5. The number of imide groups is 1. The lowest BCUT2D eigenvalue weighted by Crippen LogP contribution is -2.44. The van der Waals surface area contributed by atoms with Gasteiger partial charge in [-0.25, -0.2) is 9.37 Å². The van der Waals surface area contributed by atoms with E-state index < -0.39 is 11.2 Å². The zero-order valence-corrected chi connectivity index (χ0v) is 24.5. The molecule has 0 aliphatic carbocycles. The Morgan fingerprint density at radius 1 is 1.19 bits per heavy atom. The Labute approximate surface area is 250 Å². The molecule has 10 nitrogen and oxygen atoms in total. The Bertz CT molecular complexity index is 1760. The van der Waals surface area contributed by atoms with Crippen LogP contribution in [0.15, 0.2) is 24.3 Å². The standard InChI is InChI=1S/C29H29ClFN7O3S/c1-37-9-3-4-15(37)14-41-28-35-24-17(25(36-28)38-10-7-29(8-11-38)13-20(39)33-26(29)40)12-18(30)21(22(24)31)16-5-2-6-19-23(16)34-27(32)42-19/h2,5-6,12,15H,3-4,7-11,13-14H2,1H3,(H2,32,34)(H,33,39,40)/t15-/m0/s1. The molecular weight excluding hydrogens is 581 g/mol. The fraction of sp³-hybridized carbons (Fsp3) is 0.414. The van der Waals surface area contributed by atoms with Crippen LogP contribution in [-0.4, -0.2) is 71.0 Å². The van der Waals surface area contributed by atoms with Crippen LogP contribution >= 0.6 is 22.9 Å². The predicted molar refractivity (Wildman–Crippen MR) is 160 cm³/mol. The molecule has 7 rings (SSSR count). The number of fused-ring (bicyclic) bond motifs is 2. The highest BCUT2D eigenvalue weighted by Crippen LogP contribution is 2.44. The van der Waals surface area contributed by atoms with Gasteiger partial charge in [0.1, 0.15) is 17.9 Å². The molecule has 0 saturated carbocycles. The molecular formula is C29H29ClFN7O3S. The van der Waals surface area contributed by atoms with Crippen molar-refractivity contribution in [2.75, 3.05) is 43.9 Å². The first-order chi connectivity index (χ1) is 20.2. The third-order valence-corrected chi connectivity index (χ3v) is 10.0. The minimum absolute atomic E-state index is 0.0788. The van der Waals surface area contributed by atoms with Crippen LogP contribution < -0.4 is 20.7 Å². The van der Waals surface area contributed by atoms with Gasteiger partial charge in [0.05, 0.1) is 20.7 Å². The van der Waals surface area contributed by atoms with Gasteiger partial charge in [-0.2, -0.15) is 9.97 Å². The molecule has 0 bridgehead atoms. The van der Waals surface area contributed by atoms with Crippen molar-refractivity contribution >= 4 is 66.8 Å². The number of aromatic nitrogens is 3. The van der Waals surface area contributed by atoms with Crippen molar-refractivity contribution in [3.8, 4) is 17.1 Å². The number of nitrogen functional groups attached to an aromatic ring is 1. The summed E-state index contributed by atoms with van der Waals surface area (Å²) >= 11 is 8.12. The van der Waals surface area contributed by atoms with Crippen LogP contribution in [0.4, 0.5) is 15.3 Å². The molecule has 2 aromatic carbocycles. The number of nitrogens with two attached hydrogens (primary N) is 1. The minimum Gasteiger partial charge on any atom is -0.462 e. The molecule has 13 heteroatoms. The van der Waals surface area contributed by atoms with Gasteiger partial charge < -0.3 is 20.3 Å². The lowest BCUT2D eigenvalue weighted by atomic mass is 9.77. The van der Waals surface area contributed by atoms with Crippen molar-refractivity contribution < 1.29 is 18.7 Å². The molecule has 3 N–H and O–H groups in total. The molecule has 1 spiro atoms. The molecule has 3 saturated heterocycles. The molecule has 0 radical (unpaired) electrons.